The van der Waals surface area contributed by atoms with Crippen molar-refractivity contribution < 1.29 is 19.6 Å². The lowest BCUT2D eigenvalue weighted by Crippen LogP contribution is -2.13. The van der Waals surface area contributed by atoms with Gasteiger partial charge in [0.15, 0.2) is 11.5 Å². The number of nitro benzene ring substituents is 1. The maximum absolute atomic E-state index is 12.3. The van der Waals surface area contributed by atoms with E-state index in [9.17, 15) is 25.3 Å². The quantitative estimate of drug-likeness (QED) is 0.331. The minimum absolute atomic E-state index is 0.107. The predicted octanol–water partition coefficient (Wildman–Crippen LogP) is 3.62. The highest BCUT2D eigenvalue weighted by molar-refractivity contribution is 9.10. The highest BCUT2D eigenvalue weighted by Gasteiger charge is 2.14. The van der Waals surface area contributed by atoms with Crippen LogP contribution in [0.3, 0.4) is 0 Å². The summed E-state index contributed by atoms with van der Waals surface area (Å²) in [5.74, 6) is -0.664. The Balaban J connectivity index is 2.31. The number of benzene rings is 2. The van der Waals surface area contributed by atoms with E-state index in [4.69, 9.17) is 4.74 Å². The number of methoxy groups -OCH3 is 1. The second kappa shape index (κ2) is 8.13. The van der Waals surface area contributed by atoms with E-state index < -0.39 is 10.8 Å². The average molecular weight is 418 g/mol. The SMILES string of the molecule is COc1cc(/C=C(/C#N)C(=O)Nc2cccc([N+](=O)[O-])c2)cc(Br)c1O. The summed E-state index contributed by atoms with van der Waals surface area (Å²) in [5.41, 5.74) is 0.223. The van der Waals surface area contributed by atoms with Crippen LogP contribution in [-0.2, 0) is 4.79 Å². The standard InChI is InChI=1S/C17H12BrN3O5/c1-26-15-7-10(6-14(18)16(15)22)5-11(9-19)17(23)20-12-3-2-4-13(8-12)21(24)25/h2-8,22H,1H3,(H,20,23)/b11-5-. The van der Waals surface area contributed by atoms with Crippen LogP contribution in [0.5, 0.6) is 11.5 Å². The van der Waals surface area contributed by atoms with Crippen LogP contribution in [0.2, 0.25) is 0 Å². The molecule has 9 heteroatoms. The van der Waals surface area contributed by atoms with Gasteiger partial charge in [-0.25, -0.2) is 0 Å². The molecule has 0 saturated heterocycles. The number of halogens is 1. The van der Waals surface area contributed by atoms with Crippen LogP contribution < -0.4 is 10.1 Å². The van der Waals surface area contributed by atoms with E-state index >= 15 is 0 Å². The fraction of sp³-hybridized carbons (Fsp3) is 0.0588. The number of aromatic hydroxyl groups is 1. The van der Waals surface area contributed by atoms with Crippen LogP contribution in [0.15, 0.2) is 46.4 Å². The van der Waals surface area contributed by atoms with E-state index in [1.165, 1.54) is 49.6 Å². The van der Waals surface area contributed by atoms with Gasteiger partial charge in [0.25, 0.3) is 11.6 Å². The van der Waals surface area contributed by atoms with E-state index in [1.807, 2.05) is 0 Å². The van der Waals surface area contributed by atoms with Crippen LogP contribution in [0.1, 0.15) is 5.56 Å². The number of carbonyl (C=O) groups is 1. The number of non-ortho nitro benzene ring substituents is 1. The Morgan fingerprint density at radius 3 is 2.77 bits per heavy atom. The zero-order valence-corrected chi connectivity index (χ0v) is 15.0. The zero-order valence-electron chi connectivity index (χ0n) is 13.4. The Bertz CT molecular complexity index is 950. The van der Waals surface area contributed by atoms with Gasteiger partial charge in [0.1, 0.15) is 11.6 Å². The first kappa shape index (κ1) is 19.0. The molecule has 132 valence electrons. The first-order valence-electron chi connectivity index (χ1n) is 7.09. The first-order chi connectivity index (χ1) is 12.3. The highest BCUT2D eigenvalue weighted by Crippen LogP contribution is 2.35. The first-order valence-corrected chi connectivity index (χ1v) is 7.89. The number of hydrogen-bond donors (Lipinski definition) is 2. The van der Waals surface area contributed by atoms with Crippen molar-refractivity contribution in [3.8, 4) is 17.6 Å². The van der Waals surface area contributed by atoms with Gasteiger partial charge >= 0.3 is 0 Å². The minimum Gasteiger partial charge on any atom is -0.503 e. The van der Waals surface area contributed by atoms with Gasteiger partial charge in [0.05, 0.1) is 16.5 Å². The second-order valence-electron chi connectivity index (χ2n) is 4.98. The third-order valence-corrected chi connectivity index (χ3v) is 3.87. The number of nitriles is 1. The molecule has 2 aromatic rings. The molecule has 0 unspecified atom stereocenters. The smallest absolute Gasteiger partial charge is 0.271 e. The van der Waals surface area contributed by atoms with Gasteiger partial charge in [0, 0.05) is 17.8 Å². The Morgan fingerprint density at radius 1 is 1.42 bits per heavy atom. The van der Waals surface area contributed by atoms with Gasteiger partial charge < -0.3 is 15.2 Å². The van der Waals surface area contributed by atoms with Crippen LogP contribution in [0.4, 0.5) is 11.4 Å². The third-order valence-electron chi connectivity index (χ3n) is 3.26. The summed E-state index contributed by atoms with van der Waals surface area (Å²) >= 11 is 3.16. The molecule has 26 heavy (non-hydrogen) atoms. The number of rotatable bonds is 5. The molecular formula is C17H12BrN3O5. The summed E-state index contributed by atoms with van der Waals surface area (Å²) in [6, 6.07) is 10.1. The molecule has 0 bridgehead atoms. The lowest BCUT2D eigenvalue weighted by molar-refractivity contribution is -0.384. The van der Waals surface area contributed by atoms with Gasteiger partial charge in [-0.1, -0.05) is 6.07 Å². The fourth-order valence-corrected chi connectivity index (χ4v) is 2.50. The largest absolute Gasteiger partial charge is 0.503 e. The number of nitrogens with one attached hydrogen (secondary N) is 1. The van der Waals surface area contributed by atoms with Crippen molar-refractivity contribution >= 4 is 39.3 Å². The maximum atomic E-state index is 12.3. The molecule has 0 aliphatic heterocycles. The molecule has 0 aliphatic carbocycles. The van der Waals surface area contributed by atoms with Crippen molar-refractivity contribution in [1.29, 1.82) is 5.26 Å². The van der Waals surface area contributed by atoms with E-state index in [0.717, 1.165) is 0 Å². The third kappa shape index (κ3) is 4.37. The van der Waals surface area contributed by atoms with E-state index in [0.29, 0.717) is 10.0 Å². The van der Waals surface area contributed by atoms with Crippen LogP contribution in [0.25, 0.3) is 6.08 Å². The summed E-state index contributed by atoms with van der Waals surface area (Å²) in [6.07, 6.45) is 1.30. The number of nitro groups is 1. The van der Waals surface area contributed by atoms with E-state index in [-0.39, 0.29) is 28.4 Å². The molecule has 1 amide bonds. The molecular weight excluding hydrogens is 406 g/mol. The monoisotopic (exact) mass is 417 g/mol. The molecule has 0 saturated carbocycles. The molecule has 0 atom stereocenters. The maximum Gasteiger partial charge on any atom is 0.271 e. The molecule has 2 N–H and O–H groups in total. The summed E-state index contributed by atoms with van der Waals surface area (Å²) in [6.45, 7) is 0. The Kier molecular flexibility index (Phi) is 5.93. The van der Waals surface area contributed by atoms with E-state index in [1.54, 1.807) is 6.07 Å². The molecule has 2 aromatic carbocycles. The summed E-state index contributed by atoms with van der Waals surface area (Å²) < 4.78 is 5.35. The van der Waals surface area contributed by atoms with Gasteiger partial charge in [-0.3, -0.25) is 14.9 Å². The fourth-order valence-electron chi connectivity index (χ4n) is 2.04. The van der Waals surface area contributed by atoms with Crippen molar-refractivity contribution in [2.75, 3.05) is 12.4 Å². The van der Waals surface area contributed by atoms with Gasteiger partial charge in [0.2, 0.25) is 0 Å². The molecule has 0 radical (unpaired) electrons. The molecule has 0 spiro atoms. The van der Waals surface area contributed by atoms with Crippen LogP contribution >= 0.6 is 15.9 Å². The average Bonchev–Trinajstić information content (AvgIpc) is 2.62. The number of ether oxygens (including phenoxy) is 1. The summed E-state index contributed by atoms with van der Waals surface area (Å²) in [7, 11) is 1.37. The molecule has 8 nitrogen and oxygen atoms in total. The number of phenolic OH excluding ortho intramolecular Hbond substituents is 1. The topological polar surface area (TPSA) is 125 Å². The predicted molar refractivity (Wildman–Crippen MR) is 97.7 cm³/mol. The lowest BCUT2D eigenvalue weighted by atomic mass is 10.1. The normalized spacial score (nSPS) is 10.7. The van der Waals surface area contributed by atoms with Crippen molar-refractivity contribution in [3.05, 3.63) is 62.1 Å². The van der Waals surface area contributed by atoms with Crippen molar-refractivity contribution in [3.63, 3.8) is 0 Å². The number of nitrogens with zero attached hydrogens (tertiary/aromatic N) is 2. The zero-order chi connectivity index (χ0) is 19.3. The molecule has 0 aliphatic rings. The van der Waals surface area contributed by atoms with Crippen LogP contribution in [-0.4, -0.2) is 23.0 Å². The number of phenols is 1. The van der Waals surface area contributed by atoms with Crippen molar-refractivity contribution in [2.45, 2.75) is 0 Å². The number of anilines is 1. The number of hydrogen-bond acceptors (Lipinski definition) is 6. The van der Waals surface area contributed by atoms with E-state index in [2.05, 4.69) is 21.2 Å². The van der Waals surface area contributed by atoms with Crippen LogP contribution in [0, 0.1) is 21.4 Å². The highest BCUT2D eigenvalue weighted by atomic mass is 79.9. The summed E-state index contributed by atoms with van der Waals surface area (Å²) in [4.78, 5) is 22.5. The Morgan fingerprint density at radius 2 is 2.15 bits per heavy atom. The second-order valence-corrected chi connectivity index (χ2v) is 5.84. The molecule has 0 aromatic heterocycles. The lowest BCUT2D eigenvalue weighted by Gasteiger charge is -2.07. The van der Waals surface area contributed by atoms with Crippen molar-refractivity contribution in [1.82, 2.24) is 0 Å². The molecule has 0 heterocycles. The Labute approximate surface area is 156 Å². The van der Waals surface area contributed by atoms with Gasteiger partial charge in [-0.2, -0.15) is 5.26 Å². The van der Waals surface area contributed by atoms with Gasteiger partial charge in [-0.15, -0.1) is 0 Å². The minimum atomic E-state index is -0.726. The molecule has 2 rings (SSSR count). The van der Waals surface area contributed by atoms with Gasteiger partial charge in [-0.05, 0) is 45.8 Å². The molecule has 0 fully saturated rings. The Hall–Kier alpha value is -3.38. The number of carbonyl (C=O) groups excluding carboxylic acids is 1. The summed E-state index contributed by atoms with van der Waals surface area (Å²) in [5, 5.41) is 32.3. The van der Waals surface area contributed by atoms with Crippen molar-refractivity contribution in [2.24, 2.45) is 0 Å². The number of amides is 1.